The summed E-state index contributed by atoms with van der Waals surface area (Å²) in [5.74, 6) is 1.03. The Morgan fingerprint density at radius 2 is 1.65 bits per heavy atom. The molecule has 0 amide bonds. The lowest BCUT2D eigenvalue weighted by molar-refractivity contribution is -0.140. The topological polar surface area (TPSA) is 29.5 Å². The number of methoxy groups -OCH3 is 1. The minimum Gasteiger partial charge on any atom is -0.469 e. The number of carbonyl (C=O) groups is 1. The van der Waals surface area contributed by atoms with Gasteiger partial charge in [-0.05, 0) is 17.5 Å². The van der Waals surface area contributed by atoms with Crippen molar-refractivity contribution in [1.29, 1.82) is 0 Å². The summed E-state index contributed by atoms with van der Waals surface area (Å²) in [4.78, 5) is 13.3. The summed E-state index contributed by atoms with van der Waals surface area (Å²) >= 11 is 11.6. The molecule has 112 valence electrons. The minimum atomic E-state index is -0.176. The van der Waals surface area contributed by atoms with E-state index in [0.717, 1.165) is 25.2 Å². The molecule has 0 N–H and O–H groups in total. The molecule has 1 aromatic carbocycles. The van der Waals surface area contributed by atoms with E-state index in [-0.39, 0.29) is 5.97 Å². The van der Waals surface area contributed by atoms with Crippen LogP contribution in [0.5, 0.6) is 0 Å². The lowest BCUT2D eigenvalue weighted by Gasteiger charge is -2.20. The molecule has 0 aromatic heterocycles. The number of esters is 1. The summed E-state index contributed by atoms with van der Waals surface area (Å²) in [6, 6.07) is 8.28. The van der Waals surface area contributed by atoms with Crippen molar-refractivity contribution in [2.24, 2.45) is 0 Å². The van der Waals surface area contributed by atoms with Gasteiger partial charge in [-0.25, -0.2) is 0 Å². The highest BCUT2D eigenvalue weighted by Gasteiger charge is 2.05. The molecule has 1 aromatic rings. The molecule has 0 heterocycles. The Hall–Kier alpha value is -0.770. The molecule has 20 heavy (non-hydrogen) atoms. The summed E-state index contributed by atoms with van der Waals surface area (Å²) in [6.07, 6.45) is 1.13. The number of hydrogen-bond donors (Lipinski definition) is 0. The number of hydrogen-bond acceptors (Lipinski definition) is 3. The summed E-state index contributed by atoms with van der Waals surface area (Å²) < 4.78 is 4.63. The Labute approximate surface area is 130 Å². The van der Waals surface area contributed by atoms with Gasteiger partial charge in [0, 0.05) is 37.8 Å². The van der Waals surface area contributed by atoms with Crippen molar-refractivity contribution in [1.82, 2.24) is 4.90 Å². The Bertz CT molecular complexity index is 389. The average Bonchev–Trinajstić information content (AvgIpc) is 2.46. The van der Waals surface area contributed by atoms with Gasteiger partial charge in [0.1, 0.15) is 0 Å². The number of ether oxygens (including phenoxy) is 1. The van der Waals surface area contributed by atoms with Crippen LogP contribution in [0.15, 0.2) is 24.3 Å². The van der Waals surface area contributed by atoms with E-state index in [9.17, 15) is 4.79 Å². The van der Waals surface area contributed by atoms with Gasteiger partial charge in [-0.2, -0.15) is 0 Å². The van der Waals surface area contributed by atoms with E-state index in [1.54, 1.807) is 0 Å². The lowest BCUT2D eigenvalue weighted by Crippen LogP contribution is -2.27. The molecule has 5 heteroatoms. The third-order valence-corrected chi connectivity index (χ3v) is 3.41. The SMILES string of the molecule is COC(=O)CCc1ccc(CN(CCCl)CCCl)cc1. The molecular weight excluding hydrogens is 297 g/mol. The van der Waals surface area contributed by atoms with Crippen LogP contribution in [-0.2, 0) is 22.5 Å². The lowest BCUT2D eigenvalue weighted by atomic mass is 10.1. The van der Waals surface area contributed by atoms with E-state index >= 15 is 0 Å². The molecule has 0 spiro atoms. The predicted octanol–water partition coefficient (Wildman–Crippen LogP) is 3.07. The maximum Gasteiger partial charge on any atom is 0.305 e. The molecule has 0 aliphatic carbocycles. The number of aryl methyl sites for hydroxylation is 1. The average molecular weight is 318 g/mol. The molecule has 0 saturated heterocycles. The Morgan fingerprint density at radius 3 is 2.15 bits per heavy atom. The van der Waals surface area contributed by atoms with Crippen LogP contribution in [0.3, 0.4) is 0 Å². The normalized spacial score (nSPS) is 10.8. The van der Waals surface area contributed by atoms with Crippen molar-refractivity contribution in [3.63, 3.8) is 0 Å². The summed E-state index contributed by atoms with van der Waals surface area (Å²) in [5.41, 5.74) is 2.36. The number of carbonyl (C=O) groups excluding carboxylic acids is 1. The standard InChI is InChI=1S/C15H21Cl2NO2/c1-20-15(19)7-6-13-2-4-14(5-3-13)12-18(10-8-16)11-9-17/h2-5H,6-12H2,1H3. The Balaban J connectivity index is 2.50. The first-order valence-electron chi connectivity index (χ1n) is 6.68. The van der Waals surface area contributed by atoms with Gasteiger partial charge in [0.15, 0.2) is 0 Å². The molecule has 3 nitrogen and oxygen atoms in total. The van der Waals surface area contributed by atoms with Crippen LogP contribution in [0, 0.1) is 0 Å². The highest BCUT2D eigenvalue weighted by Crippen LogP contribution is 2.10. The second-order valence-corrected chi connectivity index (χ2v) is 5.30. The maximum atomic E-state index is 11.1. The van der Waals surface area contributed by atoms with E-state index < -0.39 is 0 Å². The first-order chi connectivity index (χ1) is 9.69. The predicted molar refractivity (Wildman–Crippen MR) is 83.5 cm³/mol. The number of halogens is 2. The van der Waals surface area contributed by atoms with Gasteiger partial charge < -0.3 is 4.74 Å². The van der Waals surface area contributed by atoms with E-state index in [2.05, 4.69) is 33.9 Å². The summed E-state index contributed by atoms with van der Waals surface area (Å²) in [5, 5.41) is 0. The third-order valence-electron chi connectivity index (χ3n) is 3.08. The van der Waals surface area contributed by atoms with E-state index in [4.69, 9.17) is 23.2 Å². The van der Waals surface area contributed by atoms with Crippen molar-refractivity contribution in [2.45, 2.75) is 19.4 Å². The molecule has 0 fully saturated rings. The summed E-state index contributed by atoms with van der Waals surface area (Å²) in [6.45, 7) is 2.51. The fraction of sp³-hybridized carbons (Fsp3) is 0.533. The quantitative estimate of drug-likeness (QED) is 0.518. The van der Waals surface area contributed by atoms with Crippen LogP contribution in [0.2, 0.25) is 0 Å². The zero-order chi connectivity index (χ0) is 14.8. The van der Waals surface area contributed by atoms with Crippen molar-refractivity contribution < 1.29 is 9.53 Å². The number of nitrogens with zero attached hydrogens (tertiary/aromatic N) is 1. The highest BCUT2D eigenvalue weighted by atomic mass is 35.5. The van der Waals surface area contributed by atoms with E-state index in [1.165, 1.54) is 12.7 Å². The molecule has 0 aliphatic rings. The second-order valence-electron chi connectivity index (χ2n) is 4.55. The third kappa shape index (κ3) is 6.60. The van der Waals surface area contributed by atoms with Crippen LogP contribution in [0.4, 0.5) is 0 Å². The van der Waals surface area contributed by atoms with Gasteiger partial charge in [-0.3, -0.25) is 9.69 Å². The smallest absolute Gasteiger partial charge is 0.305 e. The minimum absolute atomic E-state index is 0.176. The van der Waals surface area contributed by atoms with Gasteiger partial charge >= 0.3 is 5.97 Å². The number of benzene rings is 1. The van der Waals surface area contributed by atoms with Crippen LogP contribution in [0.1, 0.15) is 17.5 Å². The van der Waals surface area contributed by atoms with Crippen LogP contribution in [0.25, 0.3) is 0 Å². The molecule has 0 saturated carbocycles. The molecule has 0 radical (unpaired) electrons. The Morgan fingerprint density at radius 1 is 1.10 bits per heavy atom. The zero-order valence-electron chi connectivity index (χ0n) is 11.8. The van der Waals surface area contributed by atoms with Crippen molar-refractivity contribution >= 4 is 29.2 Å². The van der Waals surface area contributed by atoms with Gasteiger partial charge in [0.25, 0.3) is 0 Å². The van der Waals surface area contributed by atoms with E-state index in [0.29, 0.717) is 24.6 Å². The van der Waals surface area contributed by atoms with Crippen molar-refractivity contribution in [3.8, 4) is 0 Å². The largest absolute Gasteiger partial charge is 0.469 e. The zero-order valence-corrected chi connectivity index (χ0v) is 13.3. The van der Waals surface area contributed by atoms with Gasteiger partial charge in [-0.1, -0.05) is 24.3 Å². The van der Waals surface area contributed by atoms with Crippen LogP contribution >= 0.6 is 23.2 Å². The number of rotatable bonds is 9. The molecule has 0 aliphatic heterocycles. The monoisotopic (exact) mass is 317 g/mol. The first-order valence-corrected chi connectivity index (χ1v) is 7.75. The van der Waals surface area contributed by atoms with Crippen LogP contribution in [-0.4, -0.2) is 42.8 Å². The maximum absolute atomic E-state index is 11.1. The Kier molecular flexibility index (Phi) is 8.67. The fourth-order valence-corrected chi connectivity index (χ4v) is 2.41. The second kappa shape index (κ2) is 10.0. The van der Waals surface area contributed by atoms with E-state index in [1.807, 2.05) is 0 Å². The molecule has 0 atom stereocenters. The van der Waals surface area contributed by atoms with Crippen LogP contribution < -0.4 is 0 Å². The molecule has 0 unspecified atom stereocenters. The van der Waals surface area contributed by atoms with Gasteiger partial charge in [0.2, 0.25) is 0 Å². The van der Waals surface area contributed by atoms with Gasteiger partial charge in [0.05, 0.1) is 7.11 Å². The first kappa shape index (κ1) is 17.3. The van der Waals surface area contributed by atoms with Crippen molar-refractivity contribution in [2.75, 3.05) is 32.0 Å². The highest BCUT2D eigenvalue weighted by molar-refractivity contribution is 6.18. The summed E-state index contributed by atoms with van der Waals surface area (Å²) in [7, 11) is 1.41. The molecular formula is C15H21Cl2NO2. The molecule has 1 rings (SSSR count). The molecule has 0 bridgehead atoms. The van der Waals surface area contributed by atoms with Gasteiger partial charge in [-0.15, -0.1) is 23.2 Å². The van der Waals surface area contributed by atoms with Crippen molar-refractivity contribution in [3.05, 3.63) is 35.4 Å². The number of alkyl halides is 2. The fourth-order valence-electron chi connectivity index (χ4n) is 1.93.